The second-order valence-electron chi connectivity index (χ2n) is 5.18. The van der Waals surface area contributed by atoms with Crippen molar-refractivity contribution in [2.75, 3.05) is 18.6 Å². The number of anilines is 1. The standard InChI is InChI=1S/C19H17NO4/c1-3-24-12-17-15-9-4-5-10-16(15)18(21)20(19(17)22)13-7-6-8-14(11-13)23-2/h4-12H,3H2,1-2H3. The average molecular weight is 323 g/mol. The predicted octanol–water partition coefficient (Wildman–Crippen LogP) is 3.26. The Morgan fingerprint density at radius 1 is 1.00 bits per heavy atom. The summed E-state index contributed by atoms with van der Waals surface area (Å²) in [6, 6.07) is 13.9. The quantitative estimate of drug-likeness (QED) is 0.492. The number of hydrogen-bond acceptors (Lipinski definition) is 4. The fourth-order valence-electron chi connectivity index (χ4n) is 2.62. The summed E-state index contributed by atoms with van der Waals surface area (Å²) in [4.78, 5) is 26.9. The molecule has 0 N–H and O–H groups in total. The molecular formula is C19H17NO4. The molecule has 3 rings (SSSR count). The smallest absolute Gasteiger partial charge is 0.269 e. The van der Waals surface area contributed by atoms with Crippen molar-refractivity contribution in [3.8, 4) is 5.75 Å². The normalized spacial score (nSPS) is 15.4. The van der Waals surface area contributed by atoms with Crippen LogP contribution in [0.15, 0.2) is 54.8 Å². The van der Waals surface area contributed by atoms with E-state index in [1.165, 1.54) is 13.4 Å². The number of hydrogen-bond donors (Lipinski definition) is 0. The zero-order valence-electron chi connectivity index (χ0n) is 13.5. The minimum absolute atomic E-state index is 0.356. The molecule has 0 atom stereocenters. The summed E-state index contributed by atoms with van der Waals surface area (Å²) in [5, 5.41) is 0. The van der Waals surface area contributed by atoms with Crippen LogP contribution in [0.1, 0.15) is 22.8 Å². The molecule has 5 nitrogen and oxygen atoms in total. The van der Waals surface area contributed by atoms with Crippen LogP contribution in [0.5, 0.6) is 5.75 Å². The highest BCUT2D eigenvalue weighted by Crippen LogP contribution is 2.33. The Hall–Kier alpha value is -3.08. The summed E-state index contributed by atoms with van der Waals surface area (Å²) in [7, 11) is 1.54. The Morgan fingerprint density at radius 2 is 1.75 bits per heavy atom. The molecule has 24 heavy (non-hydrogen) atoms. The molecule has 0 bridgehead atoms. The van der Waals surface area contributed by atoms with E-state index in [0.29, 0.717) is 34.7 Å². The monoisotopic (exact) mass is 323 g/mol. The summed E-state index contributed by atoms with van der Waals surface area (Å²) in [6.45, 7) is 2.27. The summed E-state index contributed by atoms with van der Waals surface area (Å²) in [6.07, 6.45) is 1.42. The third-order valence-corrected chi connectivity index (χ3v) is 3.76. The largest absolute Gasteiger partial charge is 0.501 e. The molecule has 0 unspecified atom stereocenters. The van der Waals surface area contributed by atoms with Gasteiger partial charge < -0.3 is 9.47 Å². The van der Waals surface area contributed by atoms with Crippen molar-refractivity contribution in [1.29, 1.82) is 0 Å². The Kier molecular flexibility index (Phi) is 4.33. The predicted molar refractivity (Wildman–Crippen MR) is 90.9 cm³/mol. The Balaban J connectivity index is 2.14. The van der Waals surface area contributed by atoms with Crippen LogP contribution in [0, 0.1) is 0 Å². The number of ether oxygens (including phenoxy) is 2. The molecule has 1 aliphatic heterocycles. The highest BCUT2D eigenvalue weighted by Gasteiger charge is 2.36. The molecular weight excluding hydrogens is 306 g/mol. The minimum Gasteiger partial charge on any atom is -0.501 e. The molecule has 0 fully saturated rings. The van der Waals surface area contributed by atoms with Crippen LogP contribution in [0.4, 0.5) is 5.69 Å². The van der Waals surface area contributed by atoms with Crippen molar-refractivity contribution in [3.05, 3.63) is 65.9 Å². The van der Waals surface area contributed by atoms with Gasteiger partial charge in [0.1, 0.15) is 5.75 Å². The van der Waals surface area contributed by atoms with Crippen molar-refractivity contribution < 1.29 is 19.1 Å². The van der Waals surface area contributed by atoms with Gasteiger partial charge in [-0.05, 0) is 25.1 Å². The number of amides is 2. The first kappa shape index (κ1) is 15.8. The Morgan fingerprint density at radius 3 is 2.46 bits per heavy atom. The fourth-order valence-corrected chi connectivity index (χ4v) is 2.62. The van der Waals surface area contributed by atoms with Gasteiger partial charge in [-0.2, -0.15) is 0 Å². The summed E-state index contributed by atoms with van der Waals surface area (Å²) >= 11 is 0. The van der Waals surface area contributed by atoms with Gasteiger partial charge in [0.2, 0.25) is 0 Å². The highest BCUT2D eigenvalue weighted by atomic mass is 16.5. The number of fused-ring (bicyclic) bond motifs is 1. The second kappa shape index (κ2) is 6.58. The summed E-state index contributed by atoms with van der Waals surface area (Å²) in [5.41, 5.74) is 1.86. The van der Waals surface area contributed by atoms with E-state index in [0.717, 1.165) is 4.90 Å². The van der Waals surface area contributed by atoms with Crippen molar-refractivity contribution in [2.45, 2.75) is 6.92 Å². The lowest BCUT2D eigenvalue weighted by molar-refractivity contribution is -0.113. The first-order valence-electron chi connectivity index (χ1n) is 7.61. The van der Waals surface area contributed by atoms with Crippen LogP contribution in [-0.2, 0) is 9.53 Å². The van der Waals surface area contributed by atoms with Crippen LogP contribution in [0.2, 0.25) is 0 Å². The van der Waals surface area contributed by atoms with Crippen molar-refractivity contribution >= 4 is 23.1 Å². The van der Waals surface area contributed by atoms with Crippen molar-refractivity contribution in [1.82, 2.24) is 0 Å². The van der Waals surface area contributed by atoms with Gasteiger partial charge in [0.05, 0.1) is 31.2 Å². The van der Waals surface area contributed by atoms with E-state index in [1.807, 2.05) is 6.92 Å². The molecule has 0 aliphatic carbocycles. The van der Waals surface area contributed by atoms with E-state index in [2.05, 4.69) is 0 Å². The maximum atomic E-state index is 12.9. The number of nitrogens with zero attached hydrogens (tertiary/aromatic N) is 1. The molecule has 2 aromatic rings. The summed E-state index contributed by atoms with van der Waals surface area (Å²) in [5.74, 6) is -0.208. The molecule has 1 aliphatic rings. The molecule has 122 valence electrons. The van der Waals surface area contributed by atoms with Crippen molar-refractivity contribution in [2.24, 2.45) is 0 Å². The number of imide groups is 1. The van der Waals surface area contributed by atoms with E-state index in [1.54, 1.807) is 48.5 Å². The van der Waals surface area contributed by atoms with E-state index in [9.17, 15) is 9.59 Å². The minimum atomic E-state index is -0.416. The van der Waals surface area contributed by atoms with Gasteiger partial charge in [-0.1, -0.05) is 24.3 Å². The average Bonchev–Trinajstić information content (AvgIpc) is 2.62. The molecule has 0 saturated carbocycles. The second-order valence-corrected chi connectivity index (χ2v) is 5.18. The molecule has 0 aromatic heterocycles. The third kappa shape index (κ3) is 2.65. The number of rotatable bonds is 4. The zero-order chi connectivity index (χ0) is 17.1. The number of carbonyl (C=O) groups excluding carboxylic acids is 2. The zero-order valence-corrected chi connectivity index (χ0v) is 13.5. The topological polar surface area (TPSA) is 55.8 Å². The number of benzene rings is 2. The van der Waals surface area contributed by atoms with Crippen LogP contribution < -0.4 is 9.64 Å². The Labute approximate surface area is 140 Å². The maximum Gasteiger partial charge on any atom is 0.269 e. The molecule has 0 spiro atoms. The first-order valence-corrected chi connectivity index (χ1v) is 7.61. The third-order valence-electron chi connectivity index (χ3n) is 3.76. The van der Waals surface area contributed by atoms with Gasteiger partial charge in [0.15, 0.2) is 0 Å². The maximum absolute atomic E-state index is 12.9. The van der Waals surface area contributed by atoms with Gasteiger partial charge in [0, 0.05) is 17.2 Å². The van der Waals surface area contributed by atoms with Gasteiger partial charge in [-0.25, -0.2) is 4.90 Å². The van der Waals surface area contributed by atoms with Crippen LogP contribution in [-0.4, -0.2) is 25.5 Å². The fraction of sp³-hybridized carbons (Fsp3) is 0.158. The van der Waals surface area contributed by atoms with Gasteiger partial charge in [-0.15, -0.1) is 0 Å². The van der Waals surface area contributed by atoms with Crippen molar-refractivity contribution in [3.63, 3.8) is 0 Å². The number of carbonyl (C=O) groups is 2. The number of methoxy groups -OCH3 is 1. The molecule has 0 radical (unpaired) electrons. The van der Waals surface area contributed by atoms with E-state index in [-0.39, 0.29) is 5.91 Å². The van der Waals surface area contributed by atoms with Gasteiger partial charge >= 0.3 is 0 Å². The highest BCUT2D eigenvalue weighted by molar-refractivity contribution is 6.40. The van der Waals surface area contributed by atoms with E-state index in [4.69, 9.17) is 9.47 Å². The first-order chi connectivity index (χ1) is 11.7. The SMILES string of the molecule is CCOC=C1C(=O)N(c2cccc(OC)c2)C(=O)c2ccccc21. The lowest BCUT2D eigenvalue weighted by atomic mass is 9.94. The van der Waals surface area contributed by atoms with Crippen LogP contribution in [0.3, 0.4) is 0 Å². The van der Waals surface area contributed by atoms with Crippen LogP contribution >= 0.6 is 0 Å². The van der Waals surface area contributed by atoms with E-state index < -0.39 is 5.91 Å². The molecule has 2 amide bonds. The molecule has 1 heterocycles. The molecule has 0 saturated heterocycles. The van der Waals surface area contributed by atoms with Crippen LogP contribution in [0.25, 0.3) is 5.57 Å². The van der Waals surface area contributed by atoms with Gasteiger partial charge in [0.25, 0.3) is 11.8 Å². The van der Waals surface area contributed by atoms with Gasteiger partial charge in [-0.3, -0.25) is 9.59 Å². The molecule has 2 aromatic carbocycles. The van der Waals surface area contributed by atoms with E-state index >= 15 is 0 Å². The molecule has 5 heteroatoms. The Bertz CT molecular complexity index is 826. The lowest BCUT2D eigenvalue weighted by Crippen LogP contribution is -2.41. The summed E-state index contributed by atoms with van der Waals surface area (Å²) < 4.78 is 10.5. The lowest BCUT2D eigenvalue weighted by Gasteiger charge is -2.28.